The molecule has 0 saturated carbocycles. The summed E-state index contributed by atoms with van der Waals surface area (Å²) >= 11 is 0. The Morgan fingerprint density at radius 2 is 0.810 bits per heavy atom. The van der Waals surface area contributed by atoms with E-state index in [4.69, 9.17) is 15.0 Å². The quantitative estimate of drug-likeness (QED) is 0.154. The maximum Gasteiger partial charge on any atom is 0.166 e. The number of aromatic nitrogens is 5. The molecule has 0 atom stereocenters. The molecule has 3 heterocycles. The van der Waals surface area contributed by atoms with Crippen molar-refractivity contribution < 1.29 is 0 Å². The average Bonchev–Trinajstić information content (AvgIpc) is 3.69. The first-order valence-electron chi connectivity index (χ1n) is 19.9. The maximum absolute atomic E-state index is 9.84. The summed E-state index contributed by atoms with van der Waals surface area (Å²) in [5, 5.41) is 41.2. The van der Waals surface area contributed by atoms with Crippen LogP contribution < -0.4 is 0 Å². The molecule has 0 unspecified atom stereocenters. The van der Waals surface area contributed by atoms with E-state index >= 15 is 0 Å². The third kappa shape index (κ3) is 7.07. The van der Waals surface area contributed by atoms with Crippen LogP contribution in [0.3, 0.4) is 0 Å². The lowest BCUT2D eigenvalue weighted by atomic mass is 9.97. The van der Waals surface area contributed by atoms with Crippen molar-refractivity contribution in [2.45, 2.75) is 0 Å². The number of benzene rings is 7. The molecule has 290 valence electrons. The normalized spacial score (nSPS) is 10.8. The maximum atomic E-state index is 9.84. The molecule has 0 saturated heterocycles. The second-order valence-corrected chi connectivity index (χ2v) is 14.9. The predicted molar refractivity (Wildman–Crippen MR) is 243 cm³/mol. The van der Waals surface area contributed by atoms with Gasteiger partial charge in [-0.2, -0.15) is 21.0 Å². The average molecular weight is 804 g/mol. The van der Waals surface area contributed by atoms with E-state index in [2.05, 4.69) is 76.3 Å². The smallest absolute Gasteiger partial charge is 0.166 e. The fourth-order valence-corrected chi connectivity index (χ4v) is 8.04. The summed E-state index contributed by atoms with van der Waals surface area (Å²) in [6.45, 7) is 0. The number of rotatable bonds is 7. The molecular weight excluding hydrogens is 775 g/mol. The van der Waals surface area contributed by atoms with Crippen LogP contribution >= 0.6 is 0 Å². The zero-order chi connectivity index (χ0) is 42.9. The number of nitriles is 4. The third-order valence-corrected chi connectivity index (χ3v) is 11.0. The highest BCUT2D eigenvalue weighted by Crippen LogP contribution is 2.41. The first-order valence-corrected chi connectivity index (χ1v) is 19.9. The summed E-state index contributed by atoms with van der Waals surface area (Å²) in [7, 11) is 0. The van der Waals surface area contributed by atoms with Crippen LogP contribution in [-0.4, -0.2) is 24.5 Å². The number of fused-ring (bicyclic) bond motifs is 3. The largest absolute Gasteiger partial charge is 0.308 e. The SMILES string of the molecule is N#Cc1cc(C#N)cc(-c2ccc3c(c2)c2cc(-c4cc(C#N)cc(C#N)c4)ccc2n3-c2ccc(-c3cccnc3)cc2-c2nc(-c3ccccc3)nc(-c3ccccc3)n2)c1. The molecule has 7 aromatic carbocycles. The molecule has 10 rings (SSSR count). The summed E-state index contributed by atoms with van der Waals surface area (Å²) in [6.07, 6.45) is 3.58. The van der Waals surface area contributed by atoms with Crippen molar-refractivity contribution in [1.29, 1.82) is 21.0 Å². The van der Waals surface area contributed by atoms with Crippen molar-refractivity contribution in [3.05, 3.63) is 198 Å². The standard InChI is InChI=1S/C54H29N9/c55-29-34-20-35(30-56)23-44(22-34)41-14-16-49-46(26-41)47-27-42(45-24-36(31-57)21-37(25-45)32-58)15-17-50(47)63(49)51-18-13-40(43-12-7-19-59-33-43)28-48(51)54-61-52(38-8-3-1-4-9-38)60-53(62-54)39-10-5-2-6-11-39/h1-28,33H. The Hall–Kier alpha value is -9.54. The Kier molecular flexibility index (Phi) is 9.52. The number of hydrogen-bond acceptors (Lipinski definition) is 8. The first kappa shape index (κ1) is 37.7. The Morgan fingerprint density at radius 1 is 0.365 bits per heavy atom. The number of nitrogens with zero attached hydrogens (tertiary/aromatic N) is 9. The van der Waals surface area contributed by atoms with E-state index in [9.17, 15) is 21.0 Å². The van der Waals surface area contributed by atoms with Crippen LogP contribution in [0.5, 0.6) is 0 Å². The molecule has 0 spiro atoms. The third-order valence-electron chi connectivity index (χ3n) is 11.0. The van der Waals surface area contributed by atoms with E-state index < -0.39 is 0 Å². The summed E-state index contributed by atoms with van der Waals surface area (Å²) in [5.74, 6) is 1.53. The molecule has 0 aliphatic heterocycles. The van der Waals surface area contributed by atoms with Gasteiger partial charge >= 0.3 is 0 Å². The van der Waals surface area contributed by atoms with Crippen molar-refractivity contribution in [3.63, 3.8) is 0 Å². The summed E-state index contributed by atoms with van der Waals surface area (Å²) in [5.41, 5.74) is 11.5. The Labute approximate surface area is 362 Å². The molecule has 9 heteroatoms. The van der Waals surface area contributed by atoms with Crippen LogP contribution in [0.1, 0.15) is 22.3 Å². The molecular formula is C54H29N9. The fraction of sp³-hybridized carbons (Fsp3) is 0. The molecule has 63 heavy (non-hydrogen) atoms. The van der Waals surface area contributed by atoms with Crippen molar-refractivity contribution in [2.24, 2.45) is 0 Å². The molecule has 0 fully saturated rings. The fourth-order valence-electron chi connectivity index (χ4n) is 8.04. The van der Waals surface area contributed by atoms with Crippen LogP contribution in [0.4, 0.5) is 0 Å². The van der Waals surface area contributed by atoms with Gasteiger partial charge in [0.1, 0.15) is 0 Å². The zero-order valence-corrected chi connectivity index (χ0v) is 33.3. The molecule has 0 radical (unpaired) electrons. The van der Waals surface area contributed by atoms with Gasteiger partial charge in [0.2, 0.25) is 0 Å². The lowest BCUT2D eigenvalue weighted by Crippen LogP contribution is -2.04. The molecule has 0 aliphatic rings. The number of pyridine rings is 1. The molecule has 9 nitrogen and oxygen atoms in total. The van der Waals surface area contributed by atoms with Gasteiger partial charge < -0.3 is 4.57 Å². The van der Waals surface area contributed by atoms with Crippen molar-refractivity contribution >= 4 is 21.8 Å². The Bertz CT molecular complexity index is 3350. The highest BCUT2D eigenvalue weighted by Gasteiger charge is 2.22. The van der Waals surface area contributed by atoms with Gasteiger partial charge in [-0.05, 0) is 107 Å². The van der Waals surface area contributed by atoms with Gasteiger partial charge in [0, 0.05) is 45.4 Å². The molecule has 0 N–H and O–H groups in total. The molecule has 3 aromatic heterocycles. The van der Waals surface area contributed by atoms with E-state index in [1.165, 1.54) is 0 Å². The van der Waals surface area contributed by atoms with Crippen molar-refractivity contribution in [2.75, 3.05) is 0 Å². The van der Waals surface area contributed by atoms with Crippen LogP contribution in [0.2, 0.25) is 0 Å². The van der Waals surface area contributed by atoms with Crippen LogP contribution in [-0.2, 0) is 0 Å². The second-order valence-electron chi connectivity index (χ2n) is 14.9. The summed E-state index contributed by atoms with van der Waals surface area (Å²) in [6, 6.07) is 61.2. The predicted octanol–water partition coefficient (Wildman–Crippen LogP) is 11.9. The zero-order valence-electron chi connectivity index (χ0n) is 33.3. The number of hydrogen-bond donors (Lipinski definition) is 0. The minimum absolute atomic E-state index is 0.389. The van der Waals surface area contributed by atoms with E-state index in [1.807, 2.05) is 91.1 Å². The second kappa shape index (κ2) is 15.9. The van der Waals surface area contributed by atoms with E-state index in [0.717, 1.165) is 77.6 Å². The highest BCUT2D eigenvalue weighted by atomic mass is 15.1. The first-order chi connectivity index (χ1) is 31.0. The highest BCUT2D eigenvalue weighted by molar-refractivity contribution is 6.12. The van der Waals surface area contributed by atoms with Crippen molar-refractivity contribution in [3.8, 4) is 97.5 Å². The molecule has 10 aromatic rings. The lowest BCUT2D eigenvalue weighted by Gasteiger charge is -2.16. The Morgan fingerprint density at radius 3 is 1.27 bits per heavy atom. The van der Waals surface area contributed by atoms with E-state index in [-0.39, 0.29) is 0 Å². The van der Waals surface area contributed by atoms with Gasteiger partial charge in [-0.25, -0.2) is 15.0 Å². The van der Waals surface area contributed by atoms with Gasteiger partial charge in [-0.1, -0.05) is 84.9 Å². The summed E-state index contributed by atoms with van der Waals surface area (Å²) < 4.78 is 2.20. The van der Waals surface area contributed by atoms with E-state index in [0.29, 0.717) is 39.7 Å². The minimum Gasteiger partial charge on any atom is -0.308 e. The molecule has 0 aliphatic carbocycles. The molecule has 0 bridgehead atoms. The Balaban J connectivity index is 1.28. The summed E-state index contributed by atoms with van der Waals surface area (Å²) in [4.78, 5) is 19.8. The topological polar surface area (TPSA) is 152 Å². The van der Waals surface area contributed by atoms with E-state index in [1.54, 1.807) is 42.6 Å². The van der Waals surface area contributed by atoms with Gasteiger partial charge in [0.05, 0.1) is 63.3 Å². The van der Waals surface area contributed by atoms with Gasteiger partial charge in [-0.15, -0.1) is 0 Å². The monoisotopic (exact) mass is 803 g/mol. The van der Waals surface area contributed by atoms with Crippen LogP contribution in [0, 0.1) is 45.3 Å². The van der Waals surface area contributed by atoms with Gasteiger partial charge in [0.15, 0.2) is 17.5 Å². The lowest BCUT2D eigenvalue weighted by molar-refractivity contribution is 1.06. The van der Waals surface area contributed by atoms with Gasteiger partial charge in [-0.3, -0.25) is 4.98 Å². The van der Waals surface area contributed by atoms with Crippen molar-refractivity contribution in [1.82, 2.24) is 24.5 Å². The van der Waals surface area contributed by atoms with Gasteiger partial charge in [0.25, 0.3) is 0 Å². The van der Waals surface area contributed by atoms with Crippen LogP contribution in [0.15, 0.2) is 176 Å². The molecule has 0 amide bonds. The van der Waals surface area contributed by atoms with Crippen LogP contribution in [0.25, 0.3) is 95.0 Å². The minimum atomic E-state index is 0.389.